The molecule has 2 aromatic heterocycles. The van der Waals surface area contributed by atoms with E-state index >= 15 is 0 Å². The fraction of sp³-hybridized carbons (Fsp3) is 0.571. The Morgan fingerprint density at radius 3 is 2.61 bits per heavy atom. The molecule has 1 atom stereocenters. The third-order valence-corrected chi connectivity index (χ3v) is 5.91. The zero-order chi connectivity index (χ0) is 19.5. The summed E-state index contributed by atoms with van der Waals surface area (Å²) in [6, 6.07) is 0.648. The molecule has 7 heteroatoms. The van der Waals surface area contributed by atoms with E-state index in [2.05, 4.69) is 68.8 Å². The summed E-state index contributed by atoms with van der Waals surface area (Å²) >= 11 is 0. The second-order valence-electron chi connectivity index (χ2n) is 7.79. The van der Waals surface area contributed by atoms with E-state index < -0.39 is 0 Å². The van der Waals surface area contributed by atoms with Crippen molar-refractivity contribution in [3.05, 3.63) is 36.4 Å². The number of aromatic nitrogens is 4. The normalized spacial score (nSPS) is 20.8. The van der Waals surface area contributed by atoms with Gasteiger partial charge in [0.2, 0.25) is 5.95 Å². The molecule has 150 valence electrons. The molecule has 1 unspecified atom stereocenters. The molecule has 0 saturated carbocycles. The van der Waals surface area contributed by atoms with E-state index in [4.69, 9.17) is 4.98 Å². The molecular formula is C21H31N7. The van der Waals surface area contributed by atoms with E-state index in [1.807, 2.05) is 12.5 Å². The van der Waals surface area contributed by atoms with Crippen molar-refractivity contribution in [1.82, 2.24) is 29.3 Å². The molecule has 1 N–H and O–H groups in total. The van der Waals surface area contributed by atoms with Gasteiger partial charge in [-0.3, -0.25) is 0 Å². The van der Waals surface area contributed by atoms with Gasteiger partial charge >= 0.3 is 0 Å². The highest BCUT2D eigenvalue weighted by Gasteiger charge is 2.18. The van der Waals surface area contributed by atoms with Gasteiger partial charge in [-0.15, -0.1) is 0 Å². The SMILES string of the molecule is CCC(CC)n1cnc2cnc(NC3C=CC(N4CCN(C)CC4)=CC3)nc21. The minimum absolute atomic E-state index is 0.221. The lowest BCUT2D eigenvalue weighted by atomic mass is 10.1. The molecule has 0 radical (unpaired) electrons. The van der Waals surface area contributed by atoms with Gasteiger partial charge in [0.1, 0.15) is 5.52 Å². The van der Waals surface area contributed by atoms with Crippen LogP contribution in [0.5, 0.6) is 0 Å². The number of anilines is 1. The largest absolute Gasteiger partial charge is 0.369 e. The van der Waals surface area contributed by atoms with Gasteiger partial charge in [-0.2, -0.15) is 4.98 Å². The number of rotatable bonds is 6. The van der Waals surface area contributed by atoms with Crippen LogP contribution in [-0.4, -0.2) is 68.6 Å². The van der Waals surface area contributed by atoms with Gasteiger partial charge in [-0.1, -0.05) is 26.0 Å². The van der Waals surface area contributed by atoms with E-state index in [1.54, 1.807) is 0 Å². The molecular weight excluding hydrogens is 350 g/mol. The molecule has 2 aromatic rings. The van der Waals surface area contributed by atoms with Crippen LogP contribution in [0.25, 0.3) is 11.2 Å². The van der Waals surface area contributed by atoms with Crippen LogP contribution in [0.1, 0.15) is 39.2 Å². The number of likely N-dealkylation sites (N-methyl/N-ethyl adjacent to an activating group) is 1. The van der Waals surface area contributed by atoms with Gasteiger partial charge in [0.05, 0.1) is 18.6 Å². The zero-order valence-corrected chi connectivity index (χ0v) is 17.2. The maximum absolute atomic E-state index is 4.77. The predicted octanol–water partition coefficient (Wildman–Crippen LogP) is 3.06. The zero-order valence-electron chi connectivity index (χ0n) is 17.2. The molecule has 7 nitrogen and oxygen atoms in total. The van der Waals surface area contributed by atoms with Crippen LogP contribution in [0.3, 0.4) is 0 Å². The Hall–Kier alpha value is -2.41. The molecule has 1 fully saturated rings. The summed E-state index contributed by atoms with van der Waals surface area (Å²) in [4.78, 5) is 18.6. The van der Waals surface area contributed by atoms with Crippen LogP contribution in [-0.2, 0) is 0 Å². The number of hydrogen-bond acceptors (Lipinski definition) is 6. The van der Waals surface area contributed by atoms with Crippen molar-refractivity contribution in [2.75, 3.05) is 38.5 Å². The Labute approximate surface area is 167 Å². The lowest BCUT2D eigenvalue weighted by Gasteiger charge is -2.35. The van der Waals surface area contributed by atoms with Gasteiger partial charge in [0, 0.05) is 37.9 Å². The summed E-state index contributed by atoms with van der Waals surface area (Å²) in [5.74, 6) is 0.673. The molecule has 4 rings (SSSR count). The van der Waals surface area contributed by atoms with Gasteiger partial charge < -0.3 is 19.7 Å². The van der Waals surface area contributed by atoms with Crippen LogP contribution in [0.4, 0.5) is 5.95 Å². The first-order chi connectivity index (χ1) is 13.7. The van der Waals surface area contributed by atoms with E-state index in [0.717, 1.165) is 56.6 Å². The number of fused-ring (bicyclic) bond motifs is 1. The Morgan fingerprint density at radius 2 is 1.93 bits per heavy atom. The average molecular weight is 382 g/mol. The predicted molar refractivity (Wildman–Crippen MR) is 113 cm³/mol. The van der Waals surface area contributed by atoms with Gasteiger partial charge in [-0.25, -0.2) is 9.97 Å². The number of nitrogens with zero attached hydrogens (tertiary/aromatic N) is 6. The van der Waals surface area contributed by atoms with Gasteiger partial charge in [0.25, 0.3) is 0 Å². The Morgan fingerprint density at radius 1 is 1.14 bits per heavy atom. The van der Waals surface area contributed by atoms with Crippen molar-refractivity contribution in [2.45, 2.75) is 45.2 Å². The molecule has 1 aliphatic carbocycles. The van der Waals surface area contributed by atoms with Crippen LogP contribution in [0.15, 0.2) is 36.4 Å². The minimum Gasteiger partial charge on any atom is -0.369 e. The van der Waals surface area contributed by atoms with E-state index in [9.17, 15) is 0 Å². The maximum atomic E-state index is 4.77. The first kappa shape index (κ1) is 18.9. The van der Waals surface area contributed by atoms with E-state index in [1.165, 1.54) is 5.70 Å². The molecule has 0 amide bonds. The van der Waals surface area contributed by atoms with Gasteiger partial charge in [0.15, 0.2) is 5.65 Å². The second kappa shape index (κ2) is 8.31. The summed E-state index contributed by atoms with van der Waals surface area (Å²) in [7, 11) is 2.19. The number of hydrogen-bond donors (Lipinski definition) is 1. The number of allylic oxidation sites excluding steroid dienone is 1. The summed E-state index contributed by atoms with van der Waals surface area (Å²) in [6.45, 7) is 8.87. The lowest BCUT2D eigenvalue weighted by Crippen LogP contribution is -2.43. The first-order valence-corrected chi connectivity index (χ1v) is 10.5. The Balaban J connectivity index is 1.43. The van der Waals surface area contributed by atoms with Crippen molar-refractivity contribution in [3.8, 4) is 0 Å². The first-order valence-electron chi connectivity index (χ1n) is 10.5. The molecule has 3 heterocycles. The topological polar surface area (TPSA) is 62.1 Å². The quantitative estimate of drug-likeness (QED) is 0.830. The molecule has 0 aromatic carbocycles. The number of nitrogens with one attached hydrogen (secondary N) is 1. The molecule has 0 bridgehead atoms. The molecule has 1 saturated heterocycles. The van der Waals surface area contributed by atoms with Crippen molar-refractivity contribution in [3.63, 3.8) is 0 Å². The Bertz CT molecular complexity index is 857. The van der Waals surface area contributed by atoms with Crippen molar-refractivity contribution in [2.24, 2.45) is 0 Å². The van der Waals surface area contributed by atoms with E-state index in [-0.39, 0.29) is 6.04 Å². The average Bonchev–Trinajstić information content (AvgIpc) is 3.14. The van der Waals surface area contributed by atoms with Crippen molar-refractivity contribution in [1.29, 1.82) is 0 Å². The summed E-state index contributed by atoms with van der Waals surface area (Å²) in [6.07, 6.45) is 13.6. The number of imidazole rings is 1. The standard InChI is InChI=1S/C21H31N7/c1-4-17(5-2)28-15-23-19-14-22-21(25-20(19)28)24-16-6-8-18(9-7-16)27-12-10-26(3)11-13-27/h6,8-9,14-17H,4-5,7,10-13H2,1-3H3,(H,22,24,25). The summed E-state index contributed by atoms with van der Waals surface area (Å²) in [5.41, 5.74) is 3.11. The molecule has 28 heavy (non-hydrogen) atoms. The van der Waals surface area contributed by atoms with Gasteiger partial charge in [-0.05, 0) is 32.4 Å². The highest BCUT2D eigenvalue weighted by molar-refractivity contribution is 5.71. The fourth-order valence-corrected chi connectivity index (χ4v) is 4.03. The fourth-order valence-electron chi connectivity index (χ4n) is 4.03. The van der Waals surface area contributed by atoms with Crippen LogP contribution >= 0.6 is 0 Å². The third-order valence-electron chi connectivity index (χ3n) is 5.91. The maximum Gasteiger partial charge on any atom is 0.225 e. The van der Waals surface area contributed by atoms with Crippen LogP contribution in [0, 0.1) is 0 Å². The lowest BCUT2D eigenvalue weighted by molar-refractivity contribution is 0.189. The number of piperazine rings is 1. The molecule has 0 spiro atoms. The van der Waals surface area contributed by atoms with Crippen LogP contribution in [0.2, 0.25) is 0 Å². The highest BCUT2D eigenvalue weighted by Crippen LogP contribution is 2.23. The van der Waals surface area contributed by atoms with Crippen molar-refractivity contribution >= 4 is 17.1 Å². The smallest absolute Gasteiger partial charge is 0.225 e. The van der Waals surface area contributed by atoms with Crippen molar-refractivity contribution < 1.29 is 0 Å². The second-order valence-corrected chi connectivity index (χ2v) is 7.79. The monoisotopic (exact) mass is 381 g/mol. The van der Waals surface area contributed by atoms with E-state index in [0.29, 0.717) is 12.0 Å². The highest BCUT2D eigenvalue weighted by atomic mass is 15.3. The third kappa shape index (κ3) is 3.90. The van der Waals surface area contributed by atoms with Crippen LogP contribution < -0.4 is 5.32 Å². The molecule has 1 aliphatic heterocycles. The molecule has 2 aliphatic rings. The summed E-state index contributed by atoms with van der Waals surface area (Å²) < 4.78 is 2.18. The Kier molecular flexibility index (Phi) is 5.62. The minimum atomic E-state index is 0.221. The summed E-state index contributed by atoms with van der Waals surface area (Å²) in [5, 5.41) is 3.47.